The van der Waals surface area contributed by atoms with Crippen molar-refractivity contribution >= 4 is 11.9 Å². The molecule has 0 saturated carbocycles. The van der Waals surface area contributed by atoms with Crippen LogP contribution in [0.5, 0.6) is 5.75 Å². The molecule has 128 valence electrons. The van der Waals surface area contributed by atoms with Gasteiger partial charge in [0.2, 0.25) is 5.89 Å². The van der Waals surface area contributed by atoms with Crippen molar-refractivity contribution in [2.45, 2.75) is 19.8 Å². The molecule has 0 fully saturated rings. The quantitative estimate of drug-likeness (QED) is 0.745. The maximum Gasteiger partial charge on any atom is 0.322 e. The highest BCUT2D eigenvalue weighted by Crippen LogP contribution is 2.19. The van der Waals surface area contributed by atoms with Crippen LogP contribution in [0.25, 0.3) is 0 Å². The second-order valence-corrected chi connectivity index (χ2v) is 5.50. The van der Waals surface area contributed by atoms with Crippen molar-refractivity contribution in [1.82, 2.24) is 10.2 Å². The third-order valence-electron chi connectivity index (χ3n) is 3.83. The van der Waals surface area contributed by atoms with Gasteiger partial charge in [0.15, 0.2) is 0 Å². The molecule has 1 heterocycles. The molecule has 0 radical (unpaired) electrons. The minimum Gasteiger partial charge on any atom is -0.496 e. The van der Waals surface area contributed by atoms with E-state index in [1.807, 2.05) is 12.1 Å². The number of para-hydroxylation sites is 1. The van der Waals surface area contributed by atoms with Crippen molar-refractivity contribution in [3.63, 3.8) is 0 Å². The first kappa shape index (κ1) is 16.7. The number of aromatic nitrogens is 2. The van der Waals surface area contributed by atoms with Crippen LogP contribution in [-0.2, 0) is 12.8 Å². The van der Waals surface area contributed by atoms with E-state index >= 15 is 0 Å². The number of carbonyl (C=O) groups is 1. The molecule has 1 aromatic heterocycles. The number of nitrogens with one attached hydrogen (secondary N) is 1. The van der Waals surface area contributed by atoms with E-state index in [0.717, 1.165) is 12.0 Å². The highest BCUT2D eigenvalue weighted by molar-refractivity contribution is 6.05. The van der Waals surface area contributed by atoms with Gasteiger partial charge in [0.1, 0.15) is 5.75 Å². The van der Waals surface area contributed by atoms with Crippen LogP contribution in [-0.4, -0.2) is 23.2 Å². The van der Waals surface area contributed by atoms with E-state index in [1.165, 1.54) is 12.7 Å². The molecule has 0 unspecified atom stereocenters. The van der Waals surface area contributed by atoms with Gasteiger partial charge in [-0.05, 0) is 29.7 Å². The first-order chi connectivity index (χ1) is 12.2. The lowest BCUT2D eigenvalue weighted by atomic mass is 10.1. The van der Waals surface area contributed by atoms with E-state index in [4.69, 9.17) is 9.15 Å². The van der Waals surface area contributed by atoms with Gasteiger partial charge in [-0.15, -0.1) is 5.10 Å². The van der Waals surface area contributed by atoms with Crippen LogP contribution in [0, 0.1) is 0 Å². The summed E-state index contributed by atoms with van der Waals surface area (Å²) in [6.45, 7) is 2.11. The molecular formula is C19H19N3O3. The fourth-order valence-corrected chi connectivity index (χ4v) is 2.44. The Morgan fingerprint density at radius 2 is 1.80 bits per heavy atom. The molecule has 2 aromatic carbocycles. The largest absolute Gasteiger partial charge is 0.496 e. The Morgan fingerprint density at radius 1 is 1.08 bits per heavy atom. The topological polar surface area (TPSA) is 77.2 Å². The van der Waals surface area contributed by atoms with Gasteiger partial charge >= 0.3 is 6.01 Å². The number of hydrogen-bond acceptors (Lipinski definition) is 5. The average Bonchev–Trinajstić information content (AvgIpc) is 3.09. The first-order valence-corrected chi connectivity index (χ1v) is 8.04. The summed E-state index contributed by atoms with van der Waals surface area (Å²) >= 11 is 0. The predicted molar refractivity (Wildman–Crippen MR) is 93.9 cm³/mol. The Kier molecular flexibility index (Phi) is 5.09. The molecule has 3 rings (SSSR count). The van der Waals surface area contributed by atoms with Crippen molar-refractivity contribution in [1.29, 1.82) is 0 Å². The molecule has 0 bridgehead atoms. The van der Waals surface area contributed by atoms with Gasteiger partial charge in [0, 0.05) is 0 Å². The Hall–Kier alpha value is -3.15. The van der Waals surface area contributed by atoms with Crippen molar-refractivity contribution in [3.8, 4) is 5.75 Å². The summed E-state index contributed by atoms with van der Waals surface area (Å²) in [5.74, 6) is 0.565. The van der Waals surface area contributed by atoms with Gasteiger partial charge in [-0.3, -0.25) is 10.1 Å². The average molecular weight is 337 g/mol. The molecule has 1 N–H and O–H groups in total. The van der Waals surface area contributed by atoms with E-state index in [0.29, 0.717) is 23.6 Å². The number of nitrogens with zero attached hydrogens (tertiary/aromatic N) is 2. The zero-order valence-electron chi connectivity index (χ0n) is 14.2. The second-order valence-electron chi connectivity index (χ2n) is 5.50. The normalized spacial score (nSPS) is 10.5. The van der Waals surface area contributed by atoms with Crippen LogP contribution in [0.1, 0.15) is 34.3 Å². The van der Waals surface area contributed by atoms with E-state index in [1.54, 1.807) is 24.3 Å². The van der Waals surface area contributed by atoms with Crippen molar-refractivity contribution < 1.29 is 13.9 Å². The van der Waals surface area contributed by atoms with Crippen LogP contribution in [0.4, 0.5) is 6.01 Å². The second kappa shape index (κ2) is 7.61. The van der Waals surface area contributed by atoms with Crippen molar-refractivity contribution in [3.05, 3.63) is 71.1 Å². The summed E-state index contributed by atoms with van der Waals surface area (Å²) in [4.78, 5) is 12.3. The zero-order chi connectivity index (χ0) is 17.6. The molecule has 3 aromatic rings. The molecule has 1 amide bonds. The van der Waals surface area contributed by atoms with Crippen molar-refractivity contribution in [2.24, 2.45) is 0 Å². The monoisotopic (exact) mass is 337 g/mol. The lowest BCUT2D eigenvalue weighted by Gasteiger charge is -2.06. The summed E-state index contributed by atoms with van der Waals surface area (Å²) in [6, 6.07) is 15.2. The van der Waals surface area contributed by atoms with Gasteiger partial charge in [0.05, 0.1) is 19.1 Å². The fraction of sp³-hybridized carbons (Fsp3) is 0.211. The number of aryl methyl sites for hydroxylation is 1. The molecule has 6 heteroatoms. The molecule has 0 atom stereocenters. The fourth-order valence-electron chi connectivity index (χ4n) is 2.44. The molecule has 6 nitrogen and oxygen atoms in total. The highest BCUT2D eigenvalue weighted by Gasteiger charge is 2.15. The first-order valence-electron chi connectivity index (χ1n) is 8.04. The third kappa shape index (κ3) is 4.03. The number of carbonyl (C=O) groups excluding carboxylic acids is 1. The molecule has 0 aliphatic carbocycles. The highest BCUT2D eigenvalue weighted by atomic mass is 16.5. The third-order valence-corrected chi connectivity index (χ3v) is 3.83. The standard InChI is InChI=1S/C19H19N3O3/c1-3-13-8-10-14(11-9-13)12-17-21-22-19(25-17)20-18(23)15-6-4-5-7-16(15)24-2/h4-11H,3,12H2,1-2H3,(H,20,22,23). The number of benzene rings is 2. The minimum absolute atomic E-state index is 0.0658. The molecule has 25 heavy (non-hydrogen) atoms. The summed E-state index contributed by atoms with van der Waals surface area (Å²) in [7, 11) is 1.51. The Morgan fingerprint density at radius 3 is 2.52 bits per heavy atom. The van der Waals surface area contributed by atoms with E-state index in [2.05, 4.69) is 34.6 Å². The van der Waals surface area contributed by atoms with E-state index in [9.17, 15) is 4.79 Å². The summed E-state index contributed by atoms with van der Waals surface area (Å²) in [5, 5.41) is 10.5. The van der Waals surface area contributed by atoms with Crippen molar-refractivity contribution in [2.75, 3.05) is 12.4 Å². The maximum absolute atomic E-state index is 12.3. The summed E-state index contributed by atoms with van der Waals surface area (Å²) in [5.41, 5.74) is 2.75. The van der Waals surface area contributed by atoms with Crippen LogP contribution >= 0.6 is 0 Å². The van der Waals surface area contributed by atoms with Gasteiger partial charge in [-0.2, -0.15) is 0 Å². The maximum atomic E-state index is 12.3. The minimum atomic E-state index is -0.361. The zero-order valence-corrected chi connectivity index (χ0v) is 14.2. The smallest absolute Gasteiger partial charge is 0.322 e. The SMILES string of the molecule is CCc1ccc(Cc2nnc(NC(=O)c3ccccc3OC)o2)cc1. The van der Waals surface area contributed by atoms with Gasteiger partial charge < -0.3 is 9.15 Å². The summed E-state index contributed by atoms with van der Waals surface area (Å²) < 4.78 is 10.7. The predicted octanol–water partition coefficient (Wildman–Crippen LogP) is 3.48. The lowest BCUT2D eigenvalue weighted by molar-refractivity contribution is 0.102. The van der Waals surface area contributed by atoms with Crippen LogP contribution in [0.15, 0.2) is 52.9 Å². The van der Waals surface area contributed by atoms with Gasteiger partial charge in [-0.1, -0.05) is 48.4 Å². The molecule has 0 aliphatic rings. The number of ether oxygens (including phenoxy) is 1. The van der Waals surface area contributed by atoms with Crippen LogP contribution in [0.2, 0.25) is 0 Å². The Bertz CT molecular complexity index is 856. The Balaban J connectivity index is 1.67. The molecule has 0 aliphatic heterocycles. The van der Waals surface area contributed by atoms with E-state index in [-0.39, 0.29) is 11.9 Å². The molecule has 0 saturated heterocycles. The number of hydrogen-bond donors (Lipinski definition) is 1. The summed E-state index contributed by atoms with van der Waals surface area (Å²) in [6.07, 6.45) is 1.52. The van der Waals surface area contributed by atoms with Crippen LogP contribution < -0.4 is 10.1 Å². The van der Waals surface area contributed by atoms with E-state index < -0.39 is 0 Å². The van der Waals surface area contributed by atoms with Gasteiger partial charge in [-0.25, -0.2) is 0 Å². The number of rotatable bonds is 6. The Labute approximate surface area is 145 Å². The molecular weight excluding hydrogens is 318 g/mol. The van der Waals surface area contributed by atoms with Gasteiger partial charge in [0.25, 0.3) is 5.91 Å². The number of amides is 1. The number of anilines is 1. The lowest BCUT2D eigenvalue weighted by Crippen LogP contribution is -2.13. The number of methoxy groups -OCH3 is 1. The molecule has 0 spiro atoms. The van der Waals surface area contributed by atoms with Crippen LogP contribution in [0.3, 0.4) is 0 Å².